The molecule has 0 atom stereocenters. The van der Waals surface area contributed by atoms with Gasteiger partial charge in [0.2, 0.25) is 0 Å². The number of nitrogens with one attached hydrogen (secondary N) is 1. The molecule has 10 heavy (non-hydrogen) atoms. The number of hydrazine groups is 1. The molecular weight excluding hydrogens is 151 g/mol. The van der Waals surface area contributed by atoms with Crippen molar-refractivity contribution in [2.75, 3.05) is 5.43 Å². The van der Waals surface area contributed by atoms with Gasteiger partial charge in [0.1, 0.15) is 5.82 Å². The quantitative estimate of drug-likeness (QED) is 0.328. The molecule has 54 valence electrons. The molecule has 0 heterocycles. The minimum Gasteiger partial charge on any atom is -0.323 e. The van der Waals surface area contributed by atoms with Gasteiger partial charge in [-0.25, -0.2) is 4.39 Å². The first-order valence-corrected chi connectivity index (χ1v) is 3.14. The molecule has 0 aliphatic rings. The molecule has 4 heteroatoms. The van der Waals surface area contributed by atoms with E-state index in [4.69, 9.17) is 5.84 Å². The summed E-state index contributed by atoms with van der Waals surface area (Å²) in [5.74, 6) is 4.76. The second-order valence-corrected chi connectivity index (χ2v) is 2.29. The Bertz CT molecular complexity index is 239. The Labute approximate surface area is 63.6 Å². The summed E-state index contributed by atoms with van der Waals surface area (Å²) in [6, 6.07) is 4.13. The lowest BCUT2D eigenvalue weighted by atomic mass is 10.3. The van der Waals surface area contributed by atoms with Crippen LogP contribution < -0.4 is 11.3 Å². The van der Waals surface area contributed by atoms with Crippen LogP contribution in [0.5, 0.6) is 0 Å². The van der Waals surface area contributed by atoms with Gasteiger partial charge in [-0.15, -0.1) is 12.6 Å². The molecule has 0 radical (unpaired) electrons. The molecule has 1 aromatic carbocycles. The van der Waals surface area contributed by atoms with Gasteiger partial charge in [-0.1, -0.05) is 0 Å². The predicted molar refractivity (Wildman–Crippen MR) is 41.5 cm³/mol. The van der Waals surface area contributed by atoms with E-state index in [1.165, 1.54) is 18.2 Å². The number of nitrogen functional groups attached to an aromatic ring is 1. The number of nitrogens with two attached hydrogens (primary N) is 1. The Balaban J connectivity index is 3.07. The van der Waals surface area contributed by atoms with Gasteiger partial charge in [0.15, 0.2) is 0 Å². The zero-order valence-corrected chi connectivity index (χ0v) is 6.03. The average molecular weight is 158 g/mol. The Morgan fingerprint density at radius 1 is 1.50 bits per heavy atom. The summed E-state index contributed by atoms with van der Waals surface area (Å²) in [6.45, 7) is 0. The van der Waals surface area contributed by atoms with Crippen LogP contribution in [0.15, 0.2) is 23.1 Å². The predicted octanol–water partition coefficient (Wildman–Crippen LogP) is 1.40. The number of hydrogen-bond donors (Lipinski definition) is 3. The number of hydrogen-bond acceptors (Lipinski definition) is 3. The highest BCUT2D eigenvalue weighted by Crippen LogP contribution is 2.18. The van der Waals surface area contributed by atoms with Crippen molar-refractivity contribution in [3.05, 3.63) is 24.0 Å². The Morgan fingerprint density at radius 2 is 2.20 bits per heavy atom. The first-order chi connectivity index (χ1) is 4.74. The summed E-state index contributed by atoms with van der Waals surface area (Å²) in [5.41, 5.74) is 2.99. The van der Waals surface area contributed by atoms with Crippen LogP contribution in [0, 0.1) is 5.82 Å². The molecular formula is C6H7FN2S. The highest BCUT2D eigenvalue weighted by atomic mass is 32.1. The van der Waals surface area contributed by atoms with E-state index in [2.05, 4.69) is 18.1 Å². The van der Waals surface area contributed by atoms with Crippen molar-refractivity contribution < 1.29 is 4.39 Å². The molecule has 1 aromatic rings. The first-order valence-electron chi connectivity index (χ1n) is 2.69. The van der Waals surface area contributed by atoms with Crippen molar-refractivity contribution in [3.63, 3.8) is 0 Å². The maximum atomic E-state index is 12.4. The molecule has 0 aliphatic heterocycles. The van der Waals surface area contributed by atoms with Crippen molar-refractivity contribution >= 4 is 18.3 Å². The van der Waals surface area contributed by atoms with E-state index in [-0.39, 0.29) is 5.82 Å². The lowest BCUT2D eigenvalue weighted by Gasteiger charge is -2.01. The van der Waals surface area contributed by atoms with Crippen molar-refractivity contribution in [2.24, 2.45) is 5.84 Å². The molecule has 0 fully saturated rings. The molecule has 0 bridgehead atoms. The molecule has 1 rings (SSSR count). The van der Waals surface area contributed by atoms with Gasteiger partial charge in [-0.05, 0) is 18.2 Å². The van der Waals surface area contributed by atoms with Crippen molar-refractivity contribution in [1.29, 1.82) is 0 Å². The maximum Gasteiger partial charge on any atom is 0.124 e. The molecule has 0 saturated carbocycles. The highest BCUT2D eigenvalue weighted by molar-refractivity contribution is 7.80. The average Bonchev–Trinajstić information content (AvgIpc) is 1.88. The second-order valence-electron chi connectivity index (χ2n) is 1.81. The fourth-order valence-corrected chi connectivity index (χ4v) is 0.889. The van der Waals surface area contributed by atoms with Crippen LogP contribution in [0.3, 0.4) is 0 Å². The molecule has 0 saturated heterocycles. The van der Waals surface area contributed by atoms with E-state index in [0.29, 0.717) is 10.6 Å². The summed E-state index contributed by atoms with van der Waals surface area (Å²) in [6.07, 6.45) is 0. The van der Waals surface area contributed by atoms with E-state index in [1.54, 1.807) is 0 Å². The number of halogens is 1. The second kappa shape index (κ2) is 2.90. The standard InChI is InChI=1S/C6H7FN2S/c7-4-1-2-5(9-8)6(10)3-4/h1-3,9-10H,8H2. The summed E-state index contributed by atoms with van der Waals surface area (Å²) >= 11 is 3.97. The zero-order valence-electron chi connectivity index (χ0n) is 5.13. The largest absolute Gasteiger partial charge is 0.323 e. The smallest absolute Gasteiger partial charge is 0.124 e. The third-order valence-corrected chi connectivity index (χ3v) is 1.49. The minimum atomic E-state index is -0.316. The Hall–Kier alpha value is -0.740. The van der Waals surface area contributed by atoms with Gasteiger partial charge in [0.05, 0.1) is 5.69 Å². The minimum absolute atomic E-state index is 0.316. The van der Waals surface area contributed by atoms with Crippen LogP contribution in [-0.4, -0.2) is 0 Å². The fourth-order valence-electron chi connectivity index (χ4n) is 0.627. The number of anilines is 1. The summed E-state index contributed by atoms with van der Waals surface area (Å²) in [7, 11) is 0. The topological polar surface area (TPSA) is 38.0 Å². The van der Waals surface area contributed by atoms with Gasteiger partial charge in [0, 0.05) is 4.90 Å². The summed E-state index contributed by atoms with van der Waals surface area (Å²) < 4.78 is 12.4. The van der Waals surface area contributed by atoms with E-state index in [1.807, 2.05) is 0 Å². The molecule has 0 aromatic heterocycles. The van der Waals surface area contributed by atoms with Gasteiger partial charge >= 0.3 is 0 Å². The van der Waals surface area contributed by atoms with Crippen molar-refractivity contribution in [3.8, 4) is 0 Å². The monoisotopic (exact) mass is 158 g/mol. The van der Waals surface area contributed by atoms with Gasteiger partial charge in [-0.2, -0.15) is 0 Å². The third kappa shape index (κ3) is 1.40. The molecule has 3 N–H and O–H groups in total. The molecule has 0 amide bonds. The zero-order chi connectivity index (χ0) is 7.56. The Kier molecular flexibility index (Phi) is 2.13. The van der Waals surface area contributed by atoms with Crippen LogP contribution in [0.25, 0.3) is 0 Å². The Morgan fingerprint density at radius 3 is 2.70 bits per heavy atom. The fraction of sp³-hybridized carbons (Fsp3) is 0. The third-order valence-electron chi connectivity index (χ3n) is 1.12. The summed E-state index contributed by atoms with van der Waals surface area (Å²) in [5, 5.41) is 0. The highest BCUT2D eigenvalue weighted by Gasteiger charge is 1.96. The molecule has 0 spiro atoms. The van der Waals surface area contributed by atoms with Crippen molar-refractivity contribution in [1.82, 2.24) is 0 Å². The lowest BCUT2D eigenvalue weighted by molar-refractivity contribution is 0.624. The van der Waals surface area contributed by atoms with Gasteiger partial charge in [-0.3, -0.25) is 5.84 Å². The molecule has 0 aliphatic carbocycles. The number of thiol groups is 1. The van der Waals surface area contributed by atoms with Crippen LogP contribution in [0.2, 0.25) is 0 Å². The van der Waals surface area contributed by atoms with Crippen LogP contribution in [-0.2, 0) is 0 Å². The van der Waals surface area contributed by atoms with E-state index in [0.717, 1.165) is 0 Å². The van der Waals surface area contributed by atoms with Crippen LogP contribution >= 0.6 is 12.6 Å². The van der Waals surface area contributed by atoms with E-state index in [9.17, 15) is 4.39 Å². The van der Waals surface area contributed by atoms with Crippen LogP contribution in [0.4, 0.5) is 10.1 Å². The van der Waals surface area contributed by atoms with Crippen LogP contribution in [0.1, 0.15) is 0 Å². The number of benzene rings is 1. The SMILES string of the molecule is NNc1ccc(F)cc1S. The van der Waals surface area contributed by atoms with E-state index >= 15 is 0 Å². The number of rotatable bonds is 1. The van der Waals surface area contributed by atoms with Crippen molar-refractivity contribution in [2.45, 2.75) is 4.90 Å². The summed E-state index contributed by atoms with van der Waals surface area (Å²) in [4.78, 5) is 0.502. The molecule has 2 nitrogen and oxygen atoms in total. The maximum absolute atomic E-state index is 12.4. The molecule has 0 unspecified atom stereocenters. The van der Waals surface area contributed by atoms with E-state index < -0.39 is 0 Å². The van der Waals surface area contributed by atoms with Gasteiger partial charge < -0.3 is 5.43 Å². The first kappa shape index (κ1) is 7.37. The van der Waals surface area contributed by atoms with Gasteiger partial charge in [0.25, 0.3) is 0 Å². The normalized spacial score (nSPS) is 9.50. The lowest BCUT2D eigenvalue weighted by Crippen LogP contribution is -2.07.